The van der Waals surface area contributed by atoms with E-state index in [1.807, 2.05) is 19.1 Å². The molecular formula is C18H17ClN4O2S. The molecule has 3 rings (SSSR count). The van der Waals surface area contributed by atoms with Gasteiger partial charge in [0.15, 0.2) is 5.15 Å². The molecule has 134 valence electrons. The van der Waals surface area contributed by atoms with Gasteiger partial charge in [-0.3, -0.25) is 4.72 Å². The SMILES string of the molecule is CCNc1ccc(-c2cnc(Cl)c(NS(=O)(=O)c3ccccc3)c2)cn1. The van der Waals surface area contributed by atoms with E-state index < -0.39 is 10.0 Å². The number of pyridine rings is 2. The van der Waals surface area contributed by atoms with Gasteiger partial charge < -0.3 is 5.32 Å². The van der Waals surface area contributed by atoms with Crippen LogP contribution in [0.25, 0.3) is 11.1 Å². The van der Waals surface area contributed by atoms with Gasteiger partial charge in [-0.15, -0.1) is 0 Å². The summed E-state index contributed by atoms with van der Waals surface area (Å²) in [7, 11) is -3.75. The summed E-state index contributed by atoms with van der Waals surface area (Å²) in [6.07, 6.45) is 3.27. The van der Waals surface area contributed by atoms with Crippen molar-refractivity contribution in [3.8, 4) is 11.1 Å². The van der Waals surface area contributed by atoms with Gasteiger partial charge in [0, 0.05) is 30.1 Å². The fraction of sp³-hybridized carbons (Fsp3) is 0.111. The Labute approximate surface area is 157 Å². The second-order valence-corrected chi connectivity index (χ2v) is 7.48. The van der Waals surface area contributed by atoms with Crippen LogP contribution in [0.3, 0.4) is 0 Å². The number of nitrogens with zero attached hydrogens (tertiary/aromatic N) is 2. The highest BCUT2D eigenvalue weighted by Gasteiger charge is 2.16. The Morgan fingerprint density at radius 1 is 1.00 bits per heavy atom. The Morgan fingerprint density at radius 2 is 1.73 bits per heavy atom. The van der Waals surface area contributed by atoms with Crippen LogP contribution in [0.5, 0.6) is 0 Å². The van der Waals surface area contributed by atoms with Gasteiger partial charge in [-0.1, -0.05) is 29.8 Å². The molecule has 3 aromatic rings. The van der Waals surface area contributed by atoms with E-state index in [1.165, 1.54) is 12.1 Å². The van der Waals surface area contributed by atoms with Crippen LogP contribution in [-0.2, 0) is 10.0 Å². The molecule has 0 aliphatic carbocycles. The number of halogens is 1. The highest BCUT2D eigenvalue weighted by molar-refractivity contribution is 7.92. The van der Waals surface area contributed by atoms with E-state index in [0.29, 0.717) is 5.56 Å². The van der Waals surface area contributed by atoms with Crippen molar-refractivity contribution in [1.82, 2.24) is 9.97 Å². The van der Waals surface area contributed by atoms with E-state index >= 15 is 0 Å². The quantitative estimate of drug-likeness (QED) is 0.623. The fourth-order valence-electron chi connectivity index (χ4n) is 2.33. The molecule has 2 aromatic heterocycles. The van der Waals surface area contributed by atoms with Crippen LogP contribution in [0.1, 0.15) is 6.92 Å². The minimum atomic E-state index is -3.75. The van der Waals surface area contributed by atoms with E-state index in [4.69, 9.17) is 11.6 Å². The van der Waals surface area contributed by atoms with Gasteiger partial charge in [-0.2, -0.15) is 0 Å². The number of sulfonamides is 1. The van der Waals surface area contributed by atoms with Gasteiger partial charge in [0.05, 0.1) is 10.6 Å². The fourth-order valence-corrected chi connectivity index (χ4v) is 3.62. The Morgan fingerprint density at radius 3 is 2.38 bits per heavy atom. The molecule has 0 aliphatic heterocycles. The van der Waals surface area contributed by atoms with Crippen molar-refractivity contribution in [1.29, 1.82) is 0 Å². The van der Waals surface area contributed by atoms with Crippen molar-refractivity contribution >= 4 is 33.1 Å². The standard InChI is InChI=1S/C18H17ClN4O2S/c1-2-20-17-9-8-13(11-21-17)14-10-16(18(19)22-12-14)23-26(24,25)15-6-4-3-5-7-15/h3-12,23H,2H2,1H3,(H,20,21). The van der Waals surface area contributed by atoms with E-state index in [0.717, 1.165) is 17.9 Å². The highest BCUT2D eigenvalue weighted by atomic mass is 35.5. The number of anilines is 2. The lowest BCUT2D eigenvalue weighted by atomic mass is 10.1. The Bertz CT molecular complexity index is 993. The third-order valence-electron chi connectivity index (χ3n) is 3.59. The summed E-state index contributed by atoms with van der Waals surface area (Å²) in [5.74, 6) is 0.767. The van der Waals surface area contributed by atoms with E-state index in [9.17, 15) is 8.42 Å². The number of aromatic nitrogens is 2. The van der Waals surface area contributed by atoms with Crippen LogP contribution in [0.15, 0.2) is 65.8 Å². The van der Waals surface area contributed by atoms with Crippen LogP contribution in [-0.4, -0.2) is 24.9 Å². The maximum absolute atomic E-state index is 12.5. The molecular weight excluding hydrogens is 372 g/mol. The smallest absolute Gasteiger partial charge is 0.261 e. The molecule has 2 N–H and O–H groups in total. The number of rotatable bonds is 6. The highest BCUT2D eigenvalue weighted by Crippen LogP contribution is 2.28. The van der Waals surface area contributed by atoms with Crippen molar-refractivity contribution in [3.63, 3.8) is 0 Å². The predicted molar refractivity (Wildman–Crippen MR) is 104 cm³/mol. The zero-order valence-electron chi connectivity index (χ0n) is 14.0. The first-order valence-electron chi connectivity index (χ1n) is 7.93. The monoisotopic (exact) mass is 388 g/mol. The second kappa shape index (κ2) is 7.72. The summed E-state index contributed by atoms with van der Waals surface area (Å²) < 4.78 is 27.5. The minimum absolute atomic E-state index is 0.0745. The Balaban J connectivity index is 1.91. The summed E-state index contributed by atoms with van der Waals surface area (Å²) in [4.78, 5) is 8.55. The van der Waals surface area contributed by atoms with Gasteiger partial charge in [0.2, 0.25) is 0 Å². The van der Waals surface area contributed by atoms with Crippen LogP contribution in [0, 0.1) is 0 Å². The van der Waals surface area contributed by atoms with Crippen molar-refractivity contribution in [2.45, 2.75) is 11.8 Å². The van der Waals surface area contributed by atoms with E-state index in [1.54, 1.807) is 36.7 Å². The van der Waals surface area contributed by atoms with Crippen molar-refractivity contribution < 1.29 is 8.42 Å². The lowest BCUT2D eigenvalue weighted by molar-refractivity contribution is 0.601. The Kier molecular flexibility index (Phi) is 5.39. The van der Waals surface area contributed by atoms with Crippen molar-refractivity contribution in [2.24, 2.45) is 0 Å². The predicted octanol–water partition coefficient (Wildman–Crippen LogP) is 4.03. The molecule has 0 fully saturated rings. The minimum Gasteiger partial charge on any atom is -0.370 e. The molecule has 2 heterocycles. The van der Waals surface area contributed by atoms with Crippen molar-refractivity contribution in [2.75, 3.05) is 16.6 Å². The largest absolute Gasteiger partial charge is 0.370 e. The van der Waals surface area contributed by atoms with Gasteiger partial charge >= 0.3 is 0 Å². The number of benzene rings is 1. The first-order valence-corrected chi connectivity index (χ1v) is 9.79. The van der Waals surface area contributed by atoms with Crippen LogP contribution in [0.2, 0.25) is 5.15 Å². The molecule has 6 nitrogen and oxygen atoms in total. The molecule has 0 radical (unpaired) electrons. The Hall–Kier alpha value is -2.64. The second-order valence-electron chi connectivity index (χ2n) is 5.44. The molecule has 0 saturated heterocycles. The molecule has 1 aromatic carbocycles. The molecule has 0 atom stereocenters. The average molecular weight is 389 g/mol. The molecule has 26 heavy (non-hydrogen) atoms. The lowest BCUT2D eigenvalue weighted by Gasteiger charge is -2.11. The van der Waals surface area contributed by atoms with Crippen molar-refractivity contribution in [3.05, 3.63) is 66.1 Å². The molecule has 0 bridgehead atoms. The molecule has 0 spiro atoms. The molecule has 0 saturated carbocycles. The van der Waals surface area contributed by atoms with Gasteiger partial charge in [0.1, 0.15) is 5.82 Å². The van der Waals surface area contributed by atoms with E-state index in [2.05, 4.69) is 20.0 Å². The first-order chi connectivity index (χ1) is 12.5. The summed E-state index contributed by atoms with van der Waals surface area (Å²) in [5.41, 5.74) is 1.72. The number of hydrogen-bond acceptors (Lipinski definition) is 5. The van der Waals surface area contributed by atoms with Gasteiger partial charge in [0.25, 0.3) is 10.0 Å². The summed E-state index contributed by atoms with van der Waals surface area (Å²) in [6.45, 7) is 2.77. The number of hydrogen-bond donors (Lipinski definition) is 2. The maximum atomic E-state index is 12.5. The first kappa shape index (κ1) is 18.2. The van der Waals surface area contributed by atoms with Crippen LogP contribution >= 0.6 is 11.6 Å². The molecule has 8 heteroatoms. The maximum Gasteiger partial charge on any atom is 0.261 e. The molecule has 0 amide bonds. The zero-order chi connectivity index (χ0) is 18.6. The summed E-state index contributed by atoms with van der Waals surface area (Å²) in [5, 5.41) is 3.19. The summed E-state index contributed by atoms with van der Waals surface area (Å²) >= 11 is 6.08. The van der Waals surface area contributed by atoms with E-state index in [-0.39, 0.29) is 15.7 Å². The molecule has 0 unspecified atom stereocenters. The third-order valence-corrected chi connectivity index (χ3v) is 5.27. The lowest BCUT2D eigenvalue weighted by Crippen LogP contribution is -2.13. The average Bonchev–Trinajstić information content (AvgIpc) is 2.65. The number of nitrogens with one attached hydrogen (secondary N) is 2. The van der Waals surface area contributed by atoms with Gasteiger partial charge in [-0.05, 0) is 37.3 Å². The van der Waals surface area contributed by atoms with Gasteiger partial charge in [-0.25, -0.2) is 18.4 Å². The third kappa shape index (κ3) is 4.12. The topological polar surface area (TPSA) is 84.0 Å². The van der Waals surface area contributed by atoms with Crippen LogP contribution < -0.4 is 10.0 Å². The summed E-state index contributed by atoms with van der Waals surface area (Å²) in [6, 6.07) is 13.4. The van der Waals surface area contributed by atoms with Crippen LogP contribution in [0.4, 0.5) is 11.5 Å². The zero-order valence-corrected chi connectivity index (χ0v) is 15.6. The molecule has 0 aliphatic rings. The normalized spacial score (nSPS) is 11.2.